The number of aliphatic hydroxyl groups is 1. The van der Waals surface area contributed by atoms with E-state index >= 15 is 0 Å². The van der Waals surface area contributed by atoms with Crippen LogP contribution in [0.3, 0.4) is 0 Å². The van der Waals surface area contributed by atoms with Crippen molar-refractivity contribution >= 4 is 0 Å². The maximum Gasteiger partial charge on any atom is 0.0797 e. The minimum absolute atomic E-state index is 0.669. The molecule has 0 aliphatic rings. The predicted octanol–water partition coefficient (Wildman–Crippen LogP) is 4.56. The van der Waals surface area contributed by atoms with Gasteiger partial charge < -0.3 is 5.11 Å². The molecule has 0 saturated heterocycles. The van der Waals surface area contributed by atoms with E-state index in [9.17, 15) is 5.11 Å². The summed E-state index contributed by atoms with van der Waals surface area (Å²) in [6, 6.07) is 0. The molecule has 0 aromatic rings. The average Bonchev–Trinajstić information content (AvgIpc) is 2.17. The summed E-state index contributed by atoms with van der Waals surface area (Å²) in [5.74, 6) is 1.62. The predicted molar refractivity (Wildman–Crippen MR) is 72.5 cm³/mol. The minimum atomic E-state index is -0.669. The summed E-state index contributed by atoms with van der Waals surface area (Å²) in [5, 5.41) is 9.77. The van der Waals surface area contributed by atoms with E-state index < -0.39 is 5.60 Å². The SMILES string of the molecule is C=CC(C)(O)CCCC(C)CCCC(C)C. The fourth-order valence-electron chi connectivity index (χ4n) is 1.93. The lowest BCUT2D eigenvalue weighted by atomic mass is 9.92. The molecule has 0 amide bonds. The van der Waals surface area contributed by atoms with Crippen LogP contribution in [0.4, 0.5) is 0 Å². The van der Waals surface area contributed by atoms with Gasteiger partial charge in [0.1, 0.15) is 0 Å². The Balaban J connectivity index is 3.50. The summed E-state index contributed by atoms with van der Waals surface area (Å²) in [6.07, 6.45) is 8.82. The molecule has 2 atom stereocenters. The number of rotatable bonds is 9. The molecule has 1 heteroatoms. The summed E-state index contributed by atoms with van der Waals surface area (Å²) in [6.45, 7) is 12.4. The standard InChI is InChI=1S/C15H30O/c1-6-15(5,16)12-8-11-14(4)10-7-9-13(2)3/h6,13-14,16H,1,7-12H2,2-5H3. The molecule has 0 spiro atoms. The Morgan fingerprint density at radius 1 is 1.12 bits per heavy atom. The van der Waals surface area contributed by atoms with E-state index in [1.54, 1.807) is 6.08 Å². The highest BCUT2D eigenvalue weighted by molar-refractivity contribution is 4.91. The zero-order chi connectivity index (χ0) is 12.6. The molecule has 1 nitrogen and oxygen atoms in total. The average molecular weight is 226 g/mol. The molecule has 0 radical (unpaired) electrons. The molecule has 0 fully saturated rings. The van der Waals surface area contributed by atoms with Crippen LogP contribution in [0.2, 0.25) is 0 Å². The van der Waals surface area contributed by atoms with Crippen molar-refractivity contribution in [1.29, 1.82) is 0 Å². The van der Waals surface area contributed by atoms with E-state index in [0.717, 1.165) is 24.7 Å². The van der Waals surface area contributed by atoms with Crippen molar-refractivity contribution in [2.24, 2.45) is 11.8 Å². The fraction of sp³-hybridized carbons (Fsp3) is 0.867. The summed E-state index contributed by atoms with van der Waals surface area (Å²) in [7, 11) is 0. The molecule has 0 heterocycles. The summed E-state index contributed by atoms with van der Waals surface area (Å²) in [5.41, 5.74) is -0.669. The lowest BCUT2D eigenvalue weighted by molar-refractivity contribution is 0.0974. The topological polar surface area (TPSA) is 20.2 Å². The van der Waals surface area contributed by atoms with Gasteiger partial charge in [0.15, 0.2) is 0 Å². The summed E-state index contributed by atoms with van der Waals surface area (Å²) >= 11 is 0. The molecule has 0 aromatic carbocycles. The quantitative estimate of drug-likeness (QED) is 0.572. The van der Waals surface area contributed by atoms with Crippen LogP contribution in [-0.4, -0.2) is 10.7 Å². The largest absolute Gasteiger partial charge is 0.386 e. The van der Waals surface area contributed by atoms with Crippen molar-refractivity contribution in [1.82, 2.24) is 0 Å². The van der Waals surface area contributed by atoms with E-state index in [4.69, 9.17) is 0 Å². The maximum atomic E-state index is 9.77. The third-order valence-electron chi connectivity index (χ3n) is 3.30. The van der Waals surface area contributed by atoms with Gasteiger partial charge in [-0.05, 0) is 25.2 Å². The van der Waals surface area contributed by atoms with E-state index in [1.807, 2.05) is 6.92 Å². The third-order valence-corrected chi connectivity index (χ3v) is 3.30. The van der Waals surface area contributed by atoms with Crippen molar-refractivity contribution in [2.45, 2.75) is 71.8 Å². The first-order chi connectivity index (χ1) is 7.37. The molecular weight excluding hydrogens is 196 g/mol. The molecule has 96 valence electrons. The Bertz CT molecular complexity index is 182. The van der Waals surface area contributed by atoms with Gasteiger partial charge in [-0.3, -0.25) is 0 Å². The van der Waals surface area contributed by atoms with Gasteiger partial charge in [0, 0.05) is 0 Å². The molecular formula is C15H30O. The Labute approximate surface area is 102 Å². The van der Waals surface area contributed by atoms with Crippen molar-refractivity contribution in [3.63, 3.8) is 0 Å². The Morgan fingerprint density at radius 3 is 2.19 bits per heavy atom. The highest BCUT2D eigenvalue weighted by Gasteiger charge is 2.15. The lowest BCUT2D eigenvalue weighted by Gasteiger charge is -2.19. The van der Waals surface area contributed by atoms with Crippen LogP contribution in [0.1, 0.15) is 66.2 Å². The van der Waals surface area contributed by atoms with Crippen LogP contribution < -0.4 is 0 Å². The van der Waals surface area contributed by atoms with Crippen LogP contribution in [0, 0.1) is 11.8 Å². The van der Waals surface area contributed by atoms with Crippen LogP contribution >= 0.6 is 0 Å². The molecule has 0 aromatic heterocycles. The van der Waals surface area contributed by atoms with Gasteiger partial charge in [0.05, 0.1) is 5.60 Å². The second-order valence-corrected chi connectivity index (χ2v) is 5.88. The zero-order valence-electron chi connectivity index (χ0n) is 11.6. The Kier molecular flexibility index (Phi) is 7.74. The van der Waals surface area contributed by atoms with Gasteiger partial charge in [0.25, 0.3) is 0 Å². The molecule has 0 saturated carbocycles. The Morgan fingerprint density at radius 2 is 1.69 bits per heavy atom. The van der Waals surface area contributed by atoms with Crippen LogP contribution in [-0.2, 0) is 0 Å². The van der Waals surface area contributed by atoms with E-state index in [2.05, 4.69) is 27.4 Å². The van der Waals surface area contributed by atoms with Gasteiger partial charge >= 0.3 is 0 Å². The molecule has 1 N–H and O–H groups in total. The van der Waals surface area contributed by atoms with E-state index in [-0.39, 0.29) is 0 Å². The molecule has 0 aliphatic heterocycles. The zero-order valence-corrected chi connectivity index (χ0v) is 11.6. The van der Waals surface area contributed by atoms with Crippen molar-refractivity contribution in [2.75, 3.05) is 0 Å². The van der Waals surface area contributed by atoms with Crippen molar-refractivity contribution in [3.05, 3.63) is 12.7 Å². The van der Waals surface area contributed by atoms with Crippen molar-refractivity contribution in [3.8, 4) is 0 Å². The smallest absolute Gasteiger partial charge is 0.0797 e. The number of hydrogen-bond donors (Lipinski definition) is 1. The molecule has 0 bridgehead atoms. The van der Waals surface area contributed by atoms with Gasteiger partial charge in [-0.1, -0.05) is 59.0 Å². The fourth-order valence-corrected chi connectivity index (χ4v) is 1.93. The third kappa shape index (κ3) is 8.96. The second-order valence-electron chi connectivity index (χ2n) is 5.88. The first kappa shape index (κ1) is 15.7. The maximum absolute atomic E-state index is 9.77. The van der Waals surface area contributed by atoms with Crippen molar-refractivity contribution < 1.29 is 5.11 Å². The van der Waals surface area contributed by atoms with Crippen LogP contribution in [0.5, 0.6) is 0 Å². The molecule has 16 heavy (non-hydrogen) atoms. The normalized spacial score (nSPS) is 17.1. The van der Waals surface area contributed by atoms with E-state index in [1.165, 1.54) is 25.7 Å². The van der Waals surface area contributed by atoms with Gasteiger partial charge in [-0.2, -0.15) is 0 Å². The Hall–Kier alpha value is -0.300. The monoisotopic (exact) mass is 226 g/mol. The molecule has 2 unspecified atom stereocenters. The summed E-state index contributed by atoms with van der Waals surface area (Å²) < 4.78 is 0. The highest BCUT2D eigenvalue weighted by Crippen LogP contribution is 2.21. The van der Waals surface area contributed by atoms with Gasteiger partial charge in [0.2, 0.25) is 0 Å². The van der Waals surface area contributed by atoms with E-state index in [0.29, 0.717) is 0 Å². The summed E-state index contributed by atoms with van der Waals surface area (Å²) in [4.78, 5) is 0. The second kappa shape index (κ2) is 7.89. The first-order valence-corrected chi connectivity index (χ1v) is 6.73. The lowest BCUT2D eigenvalue weighted by Crippen LogP contribution is -2.20. The van der Waals surface area contributed by atoms with Crippen LogP contribution in [0.15, 0.2) is 12.7 Å². The number of hydrogen-bond acceptors (Lipinski definition) is 1. The van der Waals surface area contributed by atoms with Gasteiger partial charge in [-0.25, -0.2) is 0 Å². The first-order valence-electron chi connectivity index (χ1n) is 6.73. The minimum Gasteiger partial charge on any atom is -0.386 e. The van der Waals surface area contributed by atoms with Gasteiger partial charge in [-0.15, -0.1) is 6.58 Å². The highest BCUT2D eigenvalue weighted by atomic mass is 16.3. The molecule has 0 rings (SSSR count). The van der Waals surface area contributed by atoms with Crippen LogP contribution in [0.25, 0.3) is 0 Å². The molecule has 0 aliphatic carbocycles.